The zero-order valence-corrected chi connectivity index (χ0v) is 22.9. The molecule has 0 N–H and O–H groups in total. The minimum absolute atomic E-state index is 0.151. The second kappa shape index (κ2) is 12.9. The van der Waals surface area contributed by atoms with Crippen LogP contribution in [0.4, 0.5) is 13.2 Å². The molecule has 3 aromatic carbocycles. The van der Waals surface area contributed by atoms with Crippen molar-refractivity contribution in [3.8, 4) is 0 Å². The van der Waals surface area contributed by atoms with Crippen LogP contribution in [0.3, 0.4) is 0 Å². The van der Waals surface area contributed by atoms with Crippen molar-refractivity contribution in [1.82, 2.24) is 14.8 Å². The number of carbonyl (C=O) groups excluding carboxylic acids is 2. The summed E-state index contributed by atoms with van der Waals surface area (Å²) in [5.74, 6) is -0.576. The smallest absolute Gasteiger partial charge is 0.336 e. The summed E-state index contributed by atoms with van der Waals surface area (Å²) in [6, 6.07) is 28.4. The van der Waals surface area contributed by atoms with Crippen molar-refractivity contribution in [1.29, 1.82) is 0 Å². The van der Waals surface area contributed by atoms with Gasteiger partial charge in [-0.15, -0.1) is 0 Å². The predicted molar refractivity (Wildman–Crippen MR) is 155 cm³/mol. The highest BCUT2D eigenvalue weighted by Gasteiger charge is 2.34. The van der Waals surface area contributed by atoms with Gasteiger partial charge in [-0.05, 0) is 46.4 Å². The van der Waals surface area contributed by atoms with Gasteiger partial charge in [-0.3, -0.25) is 14.6 Å². The summed E-state index contributed by atoms with van der Waals surface area (Å²) in [6.07, 6.45) is 0.286. The lowest BCUT2D eigenvalue weighted by Gasteiger charge is -2.36. The largest absolute Gasteiger partial charge is 0.433 e. The van der Waals surface area contributed by atoms with E-state index < -0.39 is 23.8 Å². The van der Waals surface area contributed by atoms with E-state index in [4.69, 9.17) is 0 Å². The standard InChI is InChI=1S/C34H30F3N3O2/c35-34(36,37)31-17-15-26(22-38-31)16-18-32(41)40(23-27-11-5-2-6-12-27)30(21-25-9-3-1-4-10-25)33(42)39-20-19-28-13-7-8-14-29(28)24-39/h1-18,22,30H,19-21,23-24H2. The Hall–Kier alpha value is -4.72. The van der Waals surface area contributed by atoms with Crippen LogP contribution in [-0.2, 0) is 41.7 Å². The van der Waals surface area contributed by atoms with Gasteiger partial charge in [-0.25, -0.2) is 0 Å². The third-order valence-corrected chi connectivity index (χ3v) is 7.35. The van der Waals surface area contributed by atoms with Gasteiger partial charge in [-0.2, -0.15) is 13.2 Å². The van der Waals surface area contributed by atoms with E-state index in [-0.39, 0.29) is 12.5 Å². The molecule has 1 aromatic heterocycles. The molecule has 1 aliphatic rings. The average Bonchev–Trinajstić information content (AvgIpc) is 3.01. The molecule has 42 heavy (non-hydrogen) atoms. The summed E-state index contributed by atoms with van der Waals surface area (Å²) >= 11 is 0. The summed E-state index contributed by atoms with van der Waals surface area (Å²) in [7, 11) is 0. The Balaban J connectivity index is 1.47. The highest BCUT2D eigenvalue weighted by atomic mass is 19.4. The molecule has 1 aliphatic heterocycles. The molecule has 2 heterocycles. The van der Waals surface area contributed by atoms with E-state index in [0.29, 0.717) is 25.1 Å². The van der Waals surface area contributed by atoms with Crippen LogP contribution < -0.4 is 0 Å². The Kier molecular flexibility index (Phi) is 8.81. The van der Waals surface area contributed by atoms with E-state index in [9.17, 15) is 22.8 Å². The number of hydrogen-bond donors (Lipinski definition) is 0. The number of fused-ring (bicyclic) bond motifs is 1. The van der Waals surface area contributed by atoms with Crippen LogP contribution in [0.2, 0.25) is 0 Å². The first kappa shape index (κ1) is 28.8. The number of benzene rings is 3. The van der Waals surface area contributed by atoms with Crippen LogP contribution in [0.1, 0.15) is 33.5 Å². The molecule has 0 saturated carbocycles. The summed E-state index contributed by atoms with van der Waals surface area (Å²) in [6.45, 7) is 1.19. The second-order valence-corrected chi connectivity index (χ2v) is 10.2. The molecule has 5 rings (SSSR count). The normalized spacial score (nSPS) is 13.9. The van der Waals surface area contributed by atoms with E-state index in [1.54, 1.807) is 4.90 Å². The van der Waals surface area contributed by atoms with Gasteiger partial charge in [0.25, 0.3) is 0 Å². The van der Waals surface area contributed by atoms with E-state index in [2.05, 4.69) is 11.1 Å². The van der Waals surface area contributed by atoms with Crippen LogP contribution in [0, 0.1) is 0 Å². The van der Waals surface area contributed by atoms with Crippen molar-refractivity contribution < 1.29 is 22.8 Å². The molecular weight excluding hydrogens is 539 g/mol. The molecule has 0 spiro atoms. The highest BCUT2D eigenvalue weighted by Crippen LogP contribution is 2.27. The van der Waals surface area contributed by atoms with Gasteiger partial charge >= 0.3 is 6.18 Å². The van der Waals surface area contributed by atoms with E-state index in [0.717, 1.165) is 35.4 Å². The van der Waals surface area contributed by atoms with Gasteiger partial charge in [0.15, 0.2) is 0 Å². The molecule has 1 atom stereocenters. The minimum Gasteiger partial charge on any atom is -0.336 e. The lowest BCUT2D eigenvalue weighted by Crippen LogP contribution is -2.52. The van der Waals surface area contributed by atoms with Gasteiger partial charge in [0.2, 0.25) is 11.8 Å². The fourth-order valence-electron chi connectivity index (χ4n) is 5.12. The Labute approximate surface area is 242 Å². The number of hydrogen-bond acceptors (Lipinski definition) is 3. The van der Waals surface area contributed by atoms with Crippen LogP contribution in [0.5, 0.6) is 0 Å². The van der Waals surface area contributed by atoms with Gasteiger partial charge in [-0.1, -0.05) is 91.0 Å². The first-order chi connectivity index (χ1) is 20.3. The monoisotopic (exact) mass is 569 g/mol. The lowest BCUT2D eigenvalue weighted by molar-refractivity contribution is -0.144. The minimum atomic E-state index is -4.55. The summed E-state index contributed by atoms with van der Waals surface area (Å²) < 4.78 is 38.8. The number of rotatable bonds is 8. The lowest BCUT2D eigenvalue weighted by atomic mass is 9.97. The highest BCUT2D eigenvalue weighted by molar-refractivity contribution is 5.95. The zero-order valence-electron chi connectivity index (χ0n) is 22.9. The van der Waals surface area contributed by atoms with Gasteiger partial charge in [0.1, 0.15) is 11.7 Å². The van der Waals surface area contributed by atoms with Crippen LogP contribution in [0.15, 0.2) is 109 Å². The van der Waals surface area contributed by atoms with Crippen molar-refractivity contribution in [2.45, 2.75) is 38.1 Å². The fraction of sp³-hybridized carbons (Fsp3) is 0.206. The second-order valence-electron chi connectivity index (χ2n) is 10.2. The molecular formula is C34H30F3N3O2. The van der Waals surface area contributed by atoms with Crippen LogP contribution >= 0.6 is 0 Å². The molecule has 0 fully saturated rings. The third-order valence-electron chi connectivity index (χ3n) is 7.35. The van der Waals surface area contributed by atoms with Crippen LogP contribution in [0.25, 0.3) is 6.08 Å². The maximum absolute atomic E-state index is 14.2. The molecule has 2 amide bonds. The van der Waals surface area contributed by atoms with Gasteiger partial charge in [0.05, 0.1) is 0 Å². The van der Waals surface area contributed by atoms with Crippen molar-refractivity contribution in [2.75, 3.05) is 6.54 Å². The molecule has 0 saturated heterocycles. The maximum atomic E-state index is 14.2. The Morgan fingerprint density at radius 3 is 2.14 bits per heavy atom. The summed E-state index contributed by atoms with van der Waals surface area (Å²) in [4.78, 5) is 34.9. The predicted octanol–water partition coefficient (Wildman–Crippen LogP) is 6.34. The number of pyridine rings is 1. The number of amides is 2. The van der Waals surface area contributed by atoms with E-state index in [1.165, 1.54) is 23.8 Å². The molecule has 0 radical (unpaired) electrons. The third kappa shape index (κ3) is 7.13. The SMILES string of the molecule is O=C(C(Cc1ccccc1)N(Cc1ccccc1)C(=O)C=Cc1ccc(C(F)(F)F)nc1)N1CCc2ccccc2C1. The van der Waals surface area contributed by atoms with Crippen molar-refractivity contribution >= 4 is 17.9 Å². The first-order valence-corrected chi connectivity index (χ1v) is 13.7. The number of halogens is 3. The molecule has 8 heteroatoms. The summed E-state index contributed by atoms with van der Waals surface area (Å²) in [5.41, 5.74) is 3.40. The molecule has 1 unspecified atom stereocenters. The number of nitrogens with zero attached hydrogens (tertiary/aromatic N) is 3. The van der Waals surface area contributed by atoms with E-state index in [1.807, 2.05) is 83.8 Å². The number of aromatic nitrogens is 1. The topological polar surface area (TPSA) is 53.5 Å². The quantitative estimate of drug-likeness (QED) is 0.233. The summed E-state index contributed by atoms with van der Waals surface area (Å²) in [5, 5.41) is 0. The number of carbonyl (C=O) groups is 2. The van der Waals surface area contributed by atoms with Gasteiger partial charge < -0.3 is 9.80 Å². The van der Waals surface area contributed by atoms with Crippen LogP contribution in [-0.4, -0.2) is 39.2 Å². The van der Waals surface area contributed by atoms with Crippen molar-refractivity contribution in [2.24, 2.45) is 0 Å². The van der Waals surface area contributed by atoms with Crippen molar-refractivity contribution in [3.63, 3.8) is 0 Å². The molecule has 4 aromatic rings. The fourth-order valence-corrected chi connectivity index (χ4v) is 5.12. The van der Waals surface area contributed by atoms with E-state index >= 15 is 0 Å². The Morgan fingerprint density at radius 2 is 1.50 bits per heavy atom. The molecule has 214 valence electrons. The first-order valence-electron chi connectivity index (χ1n) is 13.7. The molecule has 5 nitrogen and oxygen atoms in total. The molecule has 0 aliphatic carbocycles. The Bertz CT molecular complexity index is 1540. The number of alkyl halides is 3. The average molecular weight is 570 g/mol. The molecule has 0 bridgehead atoms. The van der Waals surface area contributed by atoms with Crippen molar-refractivity contribution in [3.05, 3.63) is 143 Å². The van der Waals surface area contributed by atoms with Gasteiger partial charge in [0, 0.05) is 38.3 Å². The Morgan fingerprint density at radius 1 is 0.857 bits per heavy atom. The zero-order chi connectivity index (χ0) is 29.5. The maximum Gasteiger partial charge on any atom is 0.433 e.